The molecule has 0 bridgehead atoms. The second-order valence-corrected chi connectivity index (χ2v) is 3.35. The van der Waals surface area contributed by atoms with Crippen molar-refractivity contribution in [2.45, 2.75) is 0 Å². The zero-order valence-corrected chi connectivity index (χ0v) is 7.92. The van der Waals surface area contributed by atoms with Gasteiger partial charge >= 0.3 is 0 Å². The fourth-order valence-corrected chi connectivity index (χ4v) is 1.93. The van der Waals surface area contributed by atoms with Crippen LogP contribution >= 0.6 is 22.9 Å². The average molecular weight is 214 g/mol. The Kier molecular flexibility index (Phi) is 2.12. The molecule has 0 unspecified atom stereocenters. The first-order chi connectivity index (χ1) is 6.29. The highest BCUT2D eigenvalue weighted by Gasteiger charge is 2.12. The molecule has 2 rings (SSSR count). The smallest absolute Gasteiger partial charge is 0.255 e. The van der Waals surface area contributed by atoms with Gasteiger partial charge in [0, 0.05) is 10.8 Å². The van der Waals surface area contributed by atoms with E-state index in [1.54, 1.807) is 23.2 Å². The second-order valence-electron chi connectivity index (χ2n) is 2.26. The first-order valence-electron chi connectivity index (χ1n) is 3.42. The summed E-state index contributed by atoms with van der Waals surface area (Å²) in [6.45, 7) is 0. The molecule has 0 fully saturated rings. The lowest BCUT2D eigenvalue weighted by atomic mass is 10.3. The number of nitrogens with zero attached hydrogens (tertiary/aromatic N) is 3. The summed E-state index contributed by atoms with van der Waals surface area (Å²) in [5.74, 6) is 0. The van der Waals surface area contributed by atoms with Crippen LogP contribution in [0.5, 0.6) is 0 Å². The molecule has 0 spiro atoms. The molecule has 4 nitrogen and oxygen atoms in total. The summed E-state index contributed by atoms with van der Waals surface area (Å²) in [6.07, 6.45) is 3.08. The third-order valence-corrected chi connectivity index (χ3v) is 2.42. The van der Waals surface area contributed by atoms with Crippen LogP contribution in [-0.4, -0.2) is 20.2 Å². The summed E-state index contributed by atoms with van der Waals surface area (Å²) >= 11 is 6.75. The van der Waals surface area contributed by atoms with Crippen LogP contribution in [0.15, 0.2) is 23.2 Å². The van der Waals surface area contributed by atoms with Crippen molar-refractivity contribution in [2.24, 2.45) is 0 Å². The number of aromatic nitrogens is 3. The Morgan fingerprint density at radius 1 is 1.38 bits per heavy atom. The van der Waals surface area contributed by atoms with Crippen molar-refractivity contribution in [1.82, 2.24) is 15.0 Å². The van der Waals surface area contributed by atoms with Crippen LogP contribution in [0, 0.1) is 0 Å². The molecule has 0 atom stereocenters. The highest BCUT2D eigenvalue weighted by Crippen LogP contribution is 2.19. The summed E-state index contributed by atoms with van der Waals surface area (Å²) in [7, 11) is 0. The Morgan fingerprint density at radius 3 is 2.69 bits per heavy atom. The van der Waals surface area contributed by atoms with Gasteiger partial charge in [-0.1, -0.05) is 0 Å². The maximum atomic E-state index is 10.9. The first kappa shape index (κ1) is 8.40. The number of hydrogen-bond donors (Lipinski definition) is 0. The number of carbonyl (C=O) groups is 1. The van der Waals surface area contributed by atoms with Crippen molar-refractivity contribution in [1.29, 1.82) is 0 Å². The maximum Gasteiger partial charge on any atom is 0.255 e. The fraction of sp³-hybridized carbons (Fsp3) is 0. The standard InChI is InChI=1S/C7H4ClN3OS/c8-7(12)5-3-13-4-6(5)11-9-1-2-10-11/h1-4H. The van der Waals surface area contributed by atoms with Crippen molar-refractivity contribution in [3.05, 3.63) is 28.7 Å². The van der Waals surface area contributed by atoms with E-state index >= 15 is 0 Å². The third kappa shape index (κ3) is 1.48. The van der Waals surface area contributed by atoms with Gasteiger partial charge in [0.05, 0.1) is 18.0 Å². The second kappa shape index (κ2) is 3.27. The zero-order chi connectivity index (χ0) is 9.26. The van der Waals surface area contributed by atoms with Crippen LogP contribution in [0.3, 0.4) is 0 Å². The fourth-order valence-electron chi connectivity index (χ4n) is 0.932. The largest absolute Gasteiger partial charge is 0.275 e. The van der Waals surface area contributed by atoms with Gasteiger partial charge in [0.25, 0.3) is 5.24 Å². The minimum Gasteiger partial charge on any atom is -0.275 e. The number of halogens is 1. The van der Waals surface area contributed by atoms with Crippen LogP contribution in [0.4, 0.5) is 0 Å². The molecule has 0 saturated heterocycles. The quantitative estimate of drug-likeness (QED) is 0.714. The van der Waals surface area contributed by atoms with Crippen LogP contribution in [0.25, 0.3) is 5.69 Å². The molecule has 2 heterocycles. The average Bonchev–Trinajstić information content (AvgIpc) is 2.74. The van der Waals surface area contributed by atoms with Crippen LogP contribution in [0.2, 0.25) is 0 Å². The van der Waals surface area contributed by atoms with Crippen molar-refractivity contribution < 1.29 is 4.79 Å². The molecular weight excluding hydrogens is 210 g/mol. The van der Waals surface area contributed by atoms with Gasteiger partial charge in [0.2, 0.25) is 0 Å². The number of carbonyl (C=O) groups excluding carboxylic acids is 1. The molecule has 0 saturated carbocycles. The molecule has 0 aromatic carbocycles. The number of thiophene rings is 1. The first-order valence-corrected chi connectivity index (χ1v) is 4.74. The van der Waals surface area contributed by atoms with E-state index < -0.39 is 5.24 Å². The molecule has 66 valence electrons. The molecule has 2 aromatic heterocycles. The molecule has 2 aromatic rings. The normalized spacial score (nSPS) is 10.2. The summed E-state index contributed by atoms with van der Waals surface area (Å²) in [4.78, 5) is 12.3. The molecule has 0 aliphatic rings. The van der Waals surface area contributed by atoms with E-state index in [1.807, 2.05) is 0 Å². The molecule has 0 aliphatic heterocycles. The lowest BCUT2D eigenvalue weighted by molar-refractivity contribution is 0.108. The molecule has 0 aliphatic carbocycles. The number of rotatable bonds is 2. The minimum atomic E-state index is -0.492. The van der Waals surface area contributed by atoms with E-state index in [-0.39, 0.29) is 0 Å². The SMILES string of the molecule is O=C(Cl)c1cscc1-n1nccn1. The van der Waals surface area contributed by atoms with Gasteiger partial charge < -0.3 is 0 Å². The Hall–Kier alpha value is -1.20. The summed E-state index contributed by atoms with van der Waals surface area (Å²) in [6, 6.07) is 0. The molecule has 6 heteroatoms. The van der Waals surface area contributed by atoms with Crippen molar-refractivity contribution in [2.75, 3.05) is 0 Å². The molecule has 0 amide bonds. The molecular formula is C7H4ClN3OS. The Bertz CT molecular complexity index is 423. The Labute approximate surface area is 82.8 Å². The van der Waals surface area contributed by atoms with Crippen LogP contribution in [0.1, 0.15) is 10.4 Å². The van der Waals surface area contributed by atoms with Crippen LogP contribution in [-0.2, 0) is 0 Å². The van der Waals surface area contributed by atoms with E-state index in [1.165, 1.54) is 16.1 Å². The predicted octanol–water partition coefficient (Wildman–Crippen LogP) is 1.71. The summed E-state index contributed by atoms with van der Waals surface area (Å²) in [5, 5.41) is 10.8. The van der Waals surface area contributed by atoms with Gasteiger partial charge in [-0.15, -0.1) is 16.1 Å². The van der Waals surface area contributed by atoms with Crippen molar-refractivity contribution >= 4 is 28.2 Å². The monoisotopic (exact) mass is 213 g/mol. The highest BCUT2D eigenvalue weighted by atomic mass is 35.5. The van der Waals surface area contributed by atoms with Gasteiger partial charge in [-0.2, -0.15) is 10.2 Å². The van der Waals surface area contributed by atoms with Crippen molar-refractivity contribution in [3.63, 3.8) is 0 Å². The summed E-state index contributed by atoms with van der Waals surface area (Å²) < 4.78 is 0. The van der Waals surface area contributed by atoms with E-state index in [2.05, 4.69) is 10.2 Å². The molecule has 0 radical (unpaired) electrons. The predicted molar refractivity (Wildman–Crippen MR) is 49.4 cm³/mol. The maximum absolute atomic E-state index is 10.9. The van der Waals surface area contributed by atoms with Gasteiger partial charge in [-0.25, -0.2) is 0 Å². The summed E-state index contributed by atoms with van der Waals surface area (Å²) in [5.41, 5.74) is 1.05. The minimum absolute atomic E-state index is 0.433. The van der Waals surface area contributed by atoms with E-state index in [9.17, 15) is 4.79 Å². The van der Waals surface area contributed by atoms with E-state index in [0.29, 0.717) is 11.3 Å². The van der Waals surface area contributed by atoms with Gasteiger partial charge in [0.1, 0.15) is 5.69 Å². The zero-order valence-electron chi connectivity index (χ0n) is 6.35. The van der Waals surface area contributed by atoms with Gasteiger partial charge in [-0.05, 0) is 11.6 Å². The third-order valence-electron chi connectivity index (χ3n) is 1.49. The van der Waals surface area contributed by atoms with E-state index in [0.717, 1.165) is 0 Å². The molecule has 13 heavy (non-hydrogen) atoms. The van der Waals surface area contributed by atoms with Gasteiger partial charge in [-0.3, -0.25) is 4.79 Å². The lowest BCUT2D eigenvalue weighted by Gasteiger charge is -1.96. The topological polar surface area (TPSA) is 47.8 Å². The van der Waals surface area contributed by atoms with Crippen molar-refractivity contribution in [3.8, 4) is 5.69 Å². The highest BCUT2D eigenvalue weighted by molar-refractivity contribution is 7.08. The lowest BCUT2D eigenvalue weighted by Crippen LogP contribution is -2.01. The molecule has 0 N–H and O–H groups in total. The Balaban J connectivity index is 2.52. The van der Waals surface area contributed by atoms with Crippen LogP contribution < -0.4 is 0 Å². The number of hydrogen-bond acceptors (Lipinski definition) is 4. The van der Waals surface area contributed by atoms with E-state index in [4.69, 9.17) is 11.6 Å². The van der Waals surface area contributed by atoms with Gasteiger partial charge in [0.15, 0.2) is 0 Å². The Morgan fingerprint density at radius 2 is 2.08 bits per heavy atom.